The fourth-order valence-corrected chi connectivity index (χ4v) is 4.15. The molecule has 0 aromatic carbocycles. The first-order valence-corrected chi connectivity index (χ1v) is 9.00. The summed E-state index contributed by atoms with van der Waals surface area (Å²) < 4.78 is 33.5. The molecule has 2 rings (SSSR count). The van der Waals surface area contributed by atoms with Crippen LogP contribution in [-0.2, 0) is 19.7 Å². The van der Waals surface area contributed by atoms with Crippen LogP contribution in [0.4, 0.5) is 0 Å². The van der Waals surface area contributed by atoms with E-state index in [-0.39, 0.29) is 25.0 Å². The number of piperidine rings is 1. The number of esters is 1. The van der Waals surface area contributed by atoms with Crippen molar-refractivity contribution < 1.29 is 17.9 Å². The normalized spacial score (nSPS) is 26.1. The van der Waals surface area contributed by atoms with Gasteiger partial charge >= 0.3 is 5.97 Å². The number of carbonyl (C=O) groups excluding carboxylic acids is 1. The van der Waals surface area contributed by atoms with Gasteiger partial charge in [0.15, 0.2) is 0 Å². The highest BCUT2D eigenvalue weighted by Crippen LogP contribution is 2.28. The molecule has 122 valence electrons. The van der Waals surface area contributed by atoms with E-state index < -0.39 is 15.7 Å². The van der Waals surface area contributed by atoms with Gasteiger partial charge in [0, 0.05) is 25.2 Å². The fourth-order valence-electron chi connectivity index (χ4n) is 2.75. The third-order valence-corrected chi connectivity index (χ3v) is 5.82. The van der Waals surface area contributed by atoms with Crippen LogP contribution < -0.4 is 10.5 Å². The van der Waals surface area contributed by atoms with Crippen LogP contribution in [0.15, 0.2) is 0 Å². The number of nitrogens with two attached hydrogens (primary N) is 1. The molecule has 0 amide bonds. The predicted octanol–water partition coefficient (Wildman–Crippen LogP) is -0.0227. The molecule has 0 bridgehead atoms. The number of nitrogens with zero attached hydrogens (tertiary/aromatic N) is 1. The third kappa shape index (κ3) is 4.15. The van der Waals surface area contributed by atoms with Crippen LogP contribution in [-0.4, -0.2) is 50.5 Å². The van der Waals surface area contributed by atoms with Crippen molar-refractivity contribution in [3.63, 3.8) is 0 Å². The first kappa shape index (κ1) is 16.7. The second kappa shape index (κ2) is 6.60. The number of carbonyl (C=O) groups is 1. The molecule has 1 heterocycles. The number of rotatable bonds is 6. The zero-order valence-corrected chi connectivity index (χ0v) is 13.3. The van der Waals surface area contributed by atoms with Gasteiger partial charge in [-0.1, -0.05) is 0 Å². The molecule has 1 atom stereocenters. The van der Waals surface area contributed by atoms with Gasteiger partial charge in [0.1, 0.15) is 0 Å². The molecule has 2 aliphatic rings. The molecule has 1 saturated carbocycles. The molecule has 2 fully saturated rings. The molecular formula is C13H25N3O4S. The van der Waals surface area contributed by atoms with Gasteiger partial charge < -0.3 is 10.5 Å². The van der Waals surface area contributed by atoms with Crippen LogP contribution in [0.2, 0.25) is 0 Å². The van der Waals surface area contributed by atoms with Gasteiger partial charge in [0.2, 0.25) is 0 Å². The van der Waals surface area contributed by atoms with Crippen LogP contribution in [0.1, 0.15) is 39.0 Å². The van der Waals surface area contributed by atoms with E-state index in [0.717, 1.165) is 19.3 Å². The molecule has 7 nitrogen and oxygen atoms in total. The second-order valence-corrected chi connectivity index (χ2v) is 7.75. The van der Waals surface area contributed by atoms with Crippen molar-refractivity contribution in [1.29, 1.82) is 0 Å². The Hall–Kier alpha value is -0.700. The van der Waals surface area contributed by atoms with Crippen molar-refractivity contribution in [1.82, 2.24) is 9.03 Å². The number of hydrogen-bond donors (Lipinski definition) is 2. The summed E-state index contributed by atoms with van der Waals surface area (Å²) in [6, 6.07) is 0. The monoisotopic (exact) mass is 319 g/mol. The number of ether oxygens (including phenoxy) is 1. The highest BCUT2D eigenvalue weighted by molar-refractivity contribution is 7.87. The number of nitrogens with one attached hydrogen (secondary N) is 1. The summed E-state index contributed by atoms with van der Waals surface area (Å²) in [6.07, 6.45) is 4.08. The maximum absolute atomic E-state index is 12.3. The van der Waals surface area contributed by atoms with Crippen LogP contribution in [0, 0.1) is 5.92 Å². The van der Waals surface area contributed by atoms with Gasteiger partial charge in [-0.2, -0.15) is 12.7 Å². The Labute approximate surface area is 126 Å². The SMILES string of the molecule is CCOC(=O)C1CCCN(S(=O)(=O)NCC2(N)CCC2)C1. The minimum absolute atomic E-state index is 0.186. The van der Waals surface area contributed by atoms with Crippen molar-refractivity contribution in [2.45, 2.75) is 44.6 Å². The molecule has 1 aliphatic carbocycles. The molecule has 1 unspecified atom stereocenters. The Morgan fingerprint density at radius 2 is 2.14 bits per heavy atom. The lowest BCUT2D eigenvalue weighted by molar-refractivity contribution is -0.149. The zero-order valence-electron chi connectivity index (χ0n) is 12.5. The van der Waals surface area contributed by atoms with Crippen molar-refractivity contribution in [2.24, 2.45) is 11.7 Å². The van der Waals surface area contributed by atoms with Crippen LogP contribution in [0.5, 0.6) is 0 Å². The van der Waals surface area contributed by atoms with E-state index >= 15 is 0 Å². The van der Waals surface area contributed by atoms with Crippen molar-refractivity contribution in [2.75, 3.05) is 26.2 Å². The van der Waals surface area contributed by atoms with Gasteiger partial charge in [0.25, 0.3) is 10.2 Å². The van der Waals surface area contributed by atoms with Crippen LogP contribution in [0.25, 0.3) is 0 Å². The van der Waals surface area contributed by atoms with E-state index in [1.165, 1.54) is 4.31 Å². The number of hydrogen-bond acceptors (Lipinski definition) is 5. The average molecular weight is 319 g/mol. The van der Waals surface area contributed by atoms with Crippen molar-refractivity contribution >= 4 is 16.2 Å². The Morgan fingerprint density at radius 3 is 2.71 bits per heavy atom. The Bertz CT molecular complexity index is 476. The van der Waals surface area contributed by atoms with Crippen LogP contribution in [0.3, 0.4) is 0 Å². The summed E-state index contributed by atoms with van der Waals surface area (Å²) >= 11 is 0. The summed E-state index contributed by atoms with van der Waals surface area (Å²) in [7, 11) is -3.58. The van der Waals surface area contributed by atoms with Gasteiger partial charge in [-0.3, -0.25) is 4.79 Å². The van der Waals surface area contributed by atoms with Gasteiger partial charge in [0.05, 0.1) is 12.5 Å². The quantitative estimate of drug-likeness (QED) is 0.670. The van der Waals surface area contributed by atoms with E-state index in [0.29, 0.717) is 26.0 Å². The van der Waals surface area contributed by atoms with Gasteiger partial charge in [-0.15, -0.1) is 0 Å². The zero-order chi connectivity index (χ0) is 15.5. The highest BCUT2D eigenvalue weighted by atomic mass is 32.2. The highest BCUT2D eigenvalue weighted by Gasteiger charge is 2.37. The largest absolute Gasteiger partial charge is 0.466 e. The molecule has 0 radical (unpaired) electrons. The van der Waals surface area contributed by atoms with Gasteiger partial charge in [-0.25, -0.2) is 4.72 Å². The minimum Gasteiger partial charge on any atom is -0.466 e. The van der Waals surface area contributed by atoms with E-state index in [9.17, 15) is 13.2 Å². The summed E-state index contributed by atoms with van der Waals surface area (Å²) in [4.78, 5) is 11.8. The van der Waals surface area contributed by atoms with E-state index in [2.05, 4.69) is 4.72 Å². The molecule has 1 saturated heterocycles. The molecule has 0 aromatic heterocycles. The molecule has 3 N–H and O–H groups in total. The fraction of sp³-hybridized carbons (Fsp3) is 0.923. The molecule has 0 spiro atoms. The Morgan fingerprint density at radius 1 is 1.43 bits per heavy atom. The second-order valence-electron chi connectivity index (χ2n) is 5.99. The van der Waals surface area contributed by atoms with E-state index in [1.807, 2.05) is 0 Å². The summed E-state index contributed by atoms with van der Waals surface area (Å²) in [5.41, 5.74) is 5.64. The third-order valence-electron chi connectivity index (χ3n) is 4.30. The minimum atomic E-state index is -3.58. The molecule has 1 aliphatic heterocycles. The van der Waals surface area contributed by atoms with Gasteiger partial charge in [-0.05, 0) is 39.0 Å². The van der Waals surface area contributed by atoms with E-state index in [4.69, 9.17) is 10.5 Å². The molecule has 8 heteroatoms. The van der Waals surface area contributed by atoms with Crippen molar-refractivity contribution in [3.05, 3.63) is 0 Å². The Kier molecular flexibility index (Phi) is 5.24. The maximum atomic E-state index is 12.3. The smallest absolute Gasteiger partial charge is 0.310 e. The molecule has 0 aromatic rings. The van der Waals surface area contributed by atoms with Crippen LogP contribution >= 0.6 is 0 Å². The Balaban J connectivity index is 1.91. The first-order chi connectivity index (χ1) is 9.86. The summed E-state index contributed by atoms with van der Waals surface area (Å²) in [6.45, 7) is 2.94. The molecular weight excluding hydrogens is 294 g/mol. The predicted molar refractivity (Wildman–Crippen MR) is 78.6 cm³/mol. The summed E-state index contributed by atoms with van der Waals surface area (Å²) in [5.74, 6) is -0.683. The first-order valence-electron chi connectivity index (χ1n) is 7.56. The van der Waals surface area contributed by atoms with E-state index in [1.54, 1.807) is 6.92 Å². The summed E-state index contributed by atoms with van der Waals surface area (Å²) in [5, 5.41) is 0. The topological polar surface area (TPSA) is 102 Å². The van der Waals surface area contributed by atoms with Crippen molar-refractivity contribution in [3.8, 4) is 0 Å². The standard InChI is InChI=1S/C13H25N3O4S/c1-2-20-12(17)11-5-3-8-16(9-11)21(18,19)15-10-13(14)6-4-7-13/h11,15H,2-10,14H2,1H3. The lowest BCUT2D eigenvalue weighted by Gasteiger charge is -2.39. The maximum Gasteiger partial charge on any atom is 0.310 e. The lowest BCUT2D eigenvalue weighted by atomic mass is 9.78. The average Bonchev–Trinajstić information content (AvgIpc) is 2.43. The lowest BCUT2D eigenvalue weighted by Crippen LogP contribution is -2.57. The molecule has 21 heavy (non-hydrogen) atoms.